The molecule has 2 amide bonds. The van der Waals surface area contributed by atoms with Crippen molar-refractivity contribution in [3.63, 3.8) is 0 Å². The van der Waals surface area contributed by atoms with Gasteiger partial charge in [-0.2, -0.15) is 0 Å². The number of Topliss-reactive ketones (excluding diaryl/α,β-unsaturated/α-hetero) is 1. The molecule has 0 aliphatic carbocycles. The zero-order valence-corrected chi connectivity index (χ0v) is 16.5. The van der Waals surface area contributed by atoms with Gasteiger partial charge >= 0.3 is 0 Å². The van der Waals surface area contributed by atoms with Gasteiger partial charge in [-0.25, -0.2) is 0 Å². The van der Waals surface area contributed by atoms with Crippen molar-refractivity contribution in [3.8, 4) is 5.75 Å². The smallest absolute Gasteiger partial charge is 0.267 e. The van der Waals surface area contributed by atoms with Gasteiger partial charge in [0.15, 0.2) is 11.9 Å². The Morgan fingerprint density at radius 1 is 1.31 bits per heavy atom. The van der Waals surface area contributed by atoms with Crippen LogP contribution in [0.25, 0.3) is 0 Å². The molecule has 1 heterocycles. The summed E-state index contributed by atoms with van der Waals surface area (Å²) < 4.78 is 11.5. The summed E-state index contributed by atoms with van der Waals surface area (Å²) in [6.07, 6.45) is -0.931. The minimum Gasteiger partial charge on any atom is -0.480 e. The summed E-state index contributed by atoms with van der Waals surface area (Å²) in [6, 6.07) is 4.85. The summed E-state index contributed by atoms with van der Waals surface area (Å²) in [6.45, 7) is 4.30. The maximum Gasteiger partial charge on any atom is 0.267 e. The summed E-state index contributed by atoms with van der Waals surface area (Å²) >= 11 is 9.16. The zero-order valence-electron chi connectivity index (χ0n) is 14.2. The third-order valence-electron chi connectivity index (χ3n) is 3.49. The van der Waals surface area contributed by atoms with Crippen LogP contribution in [-0.4, -0.2) is 23.7 Å². The van der Waals surface area contributed by atoms with E-state index in [1.807, 2.05) is 0 Å². The number of carbonyl (C=O) groups is 3. The Morgan fingerprint density at radius 3 is 2.50 bits per heavy atom. The van der Waals surface area contributed by atoms with E-state index in [1.54, 1.807) is 18.2 Å². The molecule has 3 N–H and O–H groups in total. The Morgan fingerprint density at radius 2 is 1.96 bits per heavy atom. The number of hydrogen-bond acceptors (Lipinski definition) is 5. The number of anilines is 1. The largest absolute Gasteiger partial charge is 0.480 e. The van der Waals surface area contributed by atoms with E-state index >= 15 is 0 Å². The van der Waals surface area contributed by atoms with Crippen LogP contribution < -0.4 is 15.8 Å². The lowest BCUT2D eigenvalue weighted by molar-refractivity contribution is -0.122. The first-order valence-electron chi connectivity index (χ1n) is 7.48. The second-order valence-corrected chi connectivity index (χ2v) is 6.77. The van der Waals surface area contributed by atoms with Gasteiger partial charge in [0.25, 0.3) is 11.8 Å². The summed E-state index contributed by atoms with van der Waals surface area (Å²) in [7, 11) is 0. The SMILES string of the molecule is CC(=O)c1c(C)oc(NC(=O)C(C)Oc2ccc(Cl)cc2Br)c1C(N)=O. The lowest BCUT2D eigenvalue weighted by atomic mass is 10.1. The van der Waals surface area contributed by atoms with Gasteiger partial charge < -0.3 is 14.9 Å². The van der Waals surface area contributed by atoms with Gasteiger partial charge in [-0.3, -0.25) is 19.7 Å². The van der Waals surface area contributed by atoms with Crippen LogP contribution in [0.15, 0.2) is 27.1 Å². The number of aryl methyl sites for hydroxylation is 1. The van der Waals surface area contributed by atoms with Crippen LogP contribution in [0, 0.1) is 6.92 Å². The quantitative estimate of drug-likeness (QED) is 0.661. The van der Waals surface area contributed by atoms with Crippen molar-refractivity contribution in [2.24, 2.45) is 5.73 Å². The number of amides is 2. The molecule has 0 saturated carbocycles. The third-order valence-corrected chi connectivity index (χ3v) is 4.34. The van der Waals surface area contributed by atoms with Crippen molar-refractivity contribution in [2.45, 2.75) is 26.9 Å². The van der Waals surface area contributed by atoms with Gasteiger partial charge in [0.2, 0.25) is 5.88 Å². The highest BCUT2D eigenvalue weighted by Gasteiger charge is 2.27. The zero-order chi connectivity index (χ0) is 19.6. The molecule has 1 aromatic carbocycles. The van der Waals surface area contributed by atoms with Gasteiger partial charge in [-0.1, -0.05) is 11.6 Å². The predicted molar refractivity (Wildman–Crippen MR) is 99.8 cm³/mol. The number of rotatable bonds is 6. The molecule has 0 spiro atoms. The first-order chi connectivity index (χ1) is 12.1. The van der Waals surface area contributed by atoms with Gasteiger partial charge in [-0.05, 0) is 54.9 Å². The van der Waals surface area contributed by atoms with Gasteiger partial charge in [0.05, 0.1) is 10.0 Å². The van der Waals surface area contributed by atoms with Crippen molar-refractivity contribution in [1.29, 1.82) is 0 Å². The molecule has 1 atom stereocenters. The number of nitrogens with one attached hydrogen (secondary N) is 1. The summed E-state index contributed by atoms with van der Waals surface area (Å²) in [5.41, 5.74) is 5.20. The van der Waals surface area contributed by atoms with E-state index < -0.39 is 23.7 Å². The average molecular weight is 444 g/mol. The van der Waals surface area contributed by atoms with E-state index in [2.05, 4.69) is 21.2 Å². The summed E-state index contributed by atoms with van der Waals surface area (Å²) in [4.78, 5) is 35.8. The molecular weight excluding hydrogens is 428 g/mol. The Labute approximate surface area is 162 Å². The fraction of sp³-hybridized carbons (Fsp3) is 0.235. The topological polar surface area (TPSA) is 112 Å². The van der Waals surface area contributed by atoms with Gasteiger partial charge in [0.1, 0.15) is 17.1 Å². The Kier molecular flexibility index (Phi) is 6.09. The molecule has 1 unspecified atom stereocenters. The minimum atomic E-state index is -0.931. The molecule has 2 rings (SSSR count). The monoisotopic (exact) mass is 442 g/mol. The number of hydrogen-bond donors (Lipinski definition) is 2. The molecule has 7 nitrogen and oxygen atoms in total. The second-order valence-electron chi connectivity index (χ2n) is 5.48. The Bertz CT molecular complexity index is 894. The van der Waals surface area contributed by atoms with E-state index in [0.717, 1.165) is 0 Å². The third kappa shape index (κ3) is 4.25. The van der Waals surface area contributed by atoms with Gasteiger partial charge in [-0.15, -0.1) is 0 Å². The molecule has 0 saturated heterocycles. The highest BCUT2D eigenvalue weighted by molar-refractivity contribution is 9.10. The van der Waals surface area contributed by atoms with Crippen molar-refractivity contribution >= 4 is 51.0 Å². The first-order valence-corrected chi connectivity index (χ1v) is 8.65. The number of halogens is 2. The molecule has 9 heteroatoms. The molecule has 0 aliphatic heterocycles. The first kappa shape index (κ1) is 20.0. The van der Waals surface area contributed by atoms with Crippen molar-refractivity contribution in [1.82, 2.24) is 0 Å². The molecule has 0 fully saturated rings. The van der Waals surface area contributed by atoms with E-state index in [0.29, 0.717) is 15.2 Å². The Hall–Kier alpha value is -2.32. The lowest BCUT2D eigenvalue weighted by Crippen LogP contribution is -2.31. The van der Waals surface area contributed by atoms with Crippen molar-refractivity contribution in [3.05, 3.63) is 44.6 Å². The number of ether oxygens (including phenoxy) is 1. The van der Waals surface area contributed by atoms with E-state index in [4.69, 9.17) is 26.5 Å². The highest BCUT2D eigenvalue weighted by Crippen LogP contribution is 2.30. The molecule has 0 radical (unpaired) electrons. The standard InChI is InChI=1S/C17H16BrClN2O5/c1-7(22)13-8(2)26-17(14(13)15(20)23)21-16(24)9(3)25-12-5-4-10(19)6-11(12)18/h4-6,9H,1-3H3,(H2,20,23)(H,21,24). The molecule has 0 bridgehead atoms. The van der Waals surface area contributed by atoms with Crippen LogP contribution in [-0.2, 0) is 4.79 Å². The molecule has 138 valence electrons. The lowest BCUT2D eigenvalue weighted by Gasteiger charge is -2.15. The number of nitrogens with two attached hydrogens (primary N) is 1. The summed E-state index contributed by atoms with van der Waals surface area (Å²) in [5.74, 6) is -1.44. The number of primary amides is 1. The maximum atomic E-state index is 12.4. The molecule has 2 aromatic rings. The van der Waals surface area contributed by atoms with Crippen LogP contribution >= 0.6 is 27.5 Å². The normalized spacial score (nSPS) is 11.7. The minimum absolute atomic E-state index is 0.0433. The fourth-order valence-electron chi connectivity index (χ4n) is 2.32. The maximum absolute atomic E-state index is 12.4. The number of ketones is 1. The average Bonchev–Trinajstić information content (AvgIpc) is 2.86. The number of benzene rings is 1. The van der Waals surface area contributed by atoms with Crippen molar-refractivity contribution < 1.29 is 23.5 Å². The fourth-order valence-corrected chi connectivity index (χ4v) is 3.10. The van der Waals surface area contributed by atoms with Gasteiger partial charge in [0, 0.05) is 5.02 Å². The predicted octanol–water partition coefficient (Wildman–Crippen LogP) is 3.71. The van der Waals surface area contributed by atoms with Crippen molar-refractivity contribution in [2.75, 3.05) is 5.32 Å². The number of carbonyl (C=O) groups excluding carboxylic acids is 3. The van der Waals surface area contributed by atoms with E-state index in [1.165, 1.54) is 20.8 Å². The van der Waals surface area contributed by atoms with Crippen LogP contribution in [0.5, 0.6) is 5.75 Å². The molecule has 1 aromatic heterocycles. The molecule has 26 heavy (non-hydrogen) atoms. The highest BCUT2D eigenvalue weighted by atomic mass is 79.9. The molecule has 0 aliphatic rings. The van der Waals surface area contributed by atoms with Crippen LogP contribution in [0.2, 0.25) is 5.02 Å². The molecular formula is C17H16BrClN2O5. The van der Waals surface area contributed by atoms with E-state index in [9.17, 15) is 14.4 Å². The van der Waals surface area contributed by atoms with E-state index in [-0.39, 0.29) is 22.8 Å². The van der Waals surface area contributed by atoms with Crippen LogP contribution in [0.4, 0.5) is 5.88 Å². The number of furan rings is 1. The summed E-state index contributed by atoms with van der Waals surface area (Å²) in [5, 5.41) is 2.94. The van der Waals surface area contributed by atoms with Crippen LogP contribution in [0.3, 0.4) is 0 Å². The van der Waals surface area contributed by atoms with Crippen LogP contribution in [0.1, 0.15) is 40.3 Å². The second kappa shape index (κ2) is 7.92. The Balaban J connectivity index is 2.23.